The van der Waals surface area contributed by atoms with Crippen LogP contribution in [0, 0.1) is 25.2 Å². The number of aryl methyl sites for hydroxylation is 2. The molecule has 0 fully saturated rings. The standard InChI is InChI=1S/C18H16N4S/c1-13-6-7-17(14(2)8-13)22-12-20-21-18(22)23-11-16-5-3-4-15(9-16)10-19/h3-9,12H,11H2,1-2H3. The van der Waals surface area contributed by atoms with Gasteiger partial charge in [-0.15, -0.1) is 10.2 Å². The summed E-state index contributed by atoms with van der Waals surface area (Å²) >= 11 is 1.61. The van der Waals surface area contributed by atoms with E-state index in [1.165, 1.54) is 11.1 Å². The summed E-state index contributed by atoms with van der Waals surface area (Å²) in [7, 11) is 0. The van der Waals surface area contributed by atoms with Crippen molar-refractivity contribution in [1.29, 1.82) is 5.26 Å². The molecule has 0 unspecified atom stereocenters. The van der Waals surface area contributed by atoms with Gasteiger partial charge in [-0.25, -0.2) is 0 Å². The topological polar surface area (TPSA) is 54.5 Å². The van der Waals surface area contributed by atoms with Crippen LogP contribution in [0.1, 0.15) is 22.3 Å². The van der Waals surface area contributed by atoms with E-state index in [1.54, 1.807) is 18.1 Å². The van der Waals surface area contributed by atoms with E-state index in [-0.39, 0.29) is 0 Å². The summed E-state index contributed by atoms with van der Waals surface area (Å²) in [6.07, 6.45) is 1.74. The molecule has 2 aromatic carbocycles. The Morgan fingerprint density at radius 3 is 2.83 bits per heavy atom. The fourth-order valence-electron chi connectivity index (χ4n) is 2.44. The maximum atomic E-state index is 8.98. The molecule has 0 bridgehead atoms. The van der Waals surface area contributed by atoms with Crippen molar-refractivity contribution in [3.8, 4) is 11.8 Å². The molecule has 0 aliphatic heterocycles. The molecule has 0 saturated heterocycles. The second kappa shape index (κ2) is 6.67. The van der Waals surface area contributed by atoms with Gasteiger partial charge in [0.2, 0.25) is 0 Å². The number of benzene rings is 2. The van der Waals surface area contributed by atoms with Crippen molar-refractivity contribution in [3.05, 3.63) is 71.0 Å². The predicted octanol–water partition coefficient (Wildman–Crippen LogP) is 4.05. The normalized spacial score (nSPS) is 10.5. The minimum absolute atomic E-state index is 0.680. The van der Waals surface area contributed by atoms with Gasteiger partial charge in [0.15, 0.2) is 5.16 Å². The van der Waals surface area contributed by atoms with Crippen molar-refractivity contribution in [2.24, 2.45) is 0 Å². The van der Waals surface area contributed by atoms with Crippen LogP contribution in [-0.4, -0.2) is 14.8 Å². The lowest BCUT2D eigenvalue weighted by Crippen LogP contribution is -1.98. The van der Waals surface area contributed by atoms with Gasteiger partial charge < -0.3 is 0 Å². The Hall–Kier alpha value is -2.58. The summed E-state index contributed by atoms with van der Waals surface area (Å²) in [6.45, 7) is 4.17. The molecule has 0 amide bonds. The van der Waals surface area contributed by atoms with Crippen molar-refractivity contribution in [1.82, 2.24) is 14.8 Å². The van der Waals surface area contributed by atoms with E-state index in [2.05, 4.69) is 48.3 Å². The van der Waals surface area contributed by atoms with Gasteiger partial charge in [-0.1, -0.05) is 41.6 Å². The summed E-state index contributed by atoms with van der Waals surface area (Å²) in [4.78, 5) is 0. The second-order valence-electron chi connectivity index (χ2n) is 5.37. The zero-order valence-electron chi connectivity index (χ0n) is 13.0. The van der Waals surface area contributed by atoms with Crippen LogP contribution in [0.5, 0.6) is 0 Å². The first-order chi connectivity index (χ1) is 11.2. The maximum absolute atomic E-state index is 8.98. The molecule has 5 heteroatoms. The molecule has 0 atom stereocenters. The average molecular weight is 320 g/mol. The highest BCUT2D eigenvalue weighted by atomic mass is 32.2. The first-order valence-corrected chi connectivity index (χ1v) is 8.25. The SMILES string of the molecule is Cc1ccc(-n2cnnc2SCc2cccc(C#N)c2)c(C)c1. The Labute approximate surface area is 139 Å². The van der Waals surface area contributed by atoms with Crippen molar-refractivity contribution in [2.75, 3.05) is 0 Å². The Balaban J connectivity index is 1.82. The number of hydrogen-bond donors (Lipinski definition) is 0. The molecule has 1 aromatic heterocycles. The number of rotatable bonds is 4. The van der Waals surface area contributed by atoms with Crippen LogP contribution >= 0.6 is 11.8 Å². The van der Waals surface area contributed by atoms with Gasteiger partial charge in [-0.05, 0) is 43.2 Å². The minimum Gasteiger partial charge on any atom is -0.276 e. The van der Waals surface area contributed by atoms with Crippen LogP contribution in [0.4, 0.5) is 0 Å². The van der Waals surface area contributed by atoms with Crippen LogP contribution in [0.3, 0.4) is 0 Å². The van der Waals surface area contributed by atoms with Gasteiger partial charge in [0.05, 0.1) is 17.3 Å². The van der Waals surface area contributed by atoms with Crippen molar-refractivity contribution >= 4 is 11.8 Å². The third kappa shape index (κ3) is 3.43. The fourth-order valence-corrected chi connectivity index (χ4v) is 3.31. The lowest BCUT2D eigenvalue weighted by atomic mass is 10.1. The third-order valence-electron chi connectivity index (χ3n) is 3.55. The van der Waals surface area contributed by atoms with Crippen molar-refractivity contribution < 1.29 is 0 Å². The van der Waals surface area contributed by atoms with Crippen molar-refractivity contribution in [2.45, 2.75) is 24.8 Å². The summed E-state index contributed by atoms with van der Waals surface area (Å²) in [5.41, 5.74) is 5.30. The molecule has 1 heterocycles. The molecular formula is C18H16N4S. The van der Waals surface area contributed by atoms with Gasteiger partial charge in [0.25, 0.3) is 0 Å². The highest BCUT2D eigenvalue weighted by Crippen LogP contribution is 2.25. The van der Waals surface area contributed by atoms with Gasteiger partial charge in [-0.3, -0.25) is 4.57 Å². The first-order valence-electron chi connectivity index (χ1n) is 7.27. The van der Waals surface area contributed by atoms with Crippen molar-refractivity contribution in [3.63, 3.8) is 0 Å². The number of hydrogen-bond acceptors (Lipinski definition) is 4. The Morgan fingerprint density at radius 1 is 1.17 bits per heavy atom. The molecule has 0 N–H and O–H groups in total. The smallest absolute Gasteiger partial charge is 0.195 e. The van der Waals surface area contributed by atoms with E-state index in [0.29, 0.717) is 5.56 Å². The minimum atomic E-state index is 0.680. The third-order valence-corrected chi connectivity index (χ3v) is 4.57. The molecule has 3 rings (SSSR count). The predicted molar refractivity (Wildman–Crippen MR) is 91.6 cm³/mol. The first kappa shape index (κ1) is 15.3. The van der Waals surface area contributed by atoms with Crippen LogP contribution in [0.2, 0.25) is 0 Å². The number of thioether (sulfide) groups is 1. The Kier molecular flexibility index (Phi) is 4.45. The Morgan fingerprint density at radius 2 is 2.04 bits per heavy atom. The average Bonchev–Trinajstić information content (AvgIpc) is 3.01. The van der Waals surface area contributed by atoms with E-state index < -0.39 is 0 Å². The largest absolute Gasteiger partial charge is 0.276 e. The zero-order chi connectivity index (χ0) is 16.2. The molecule has 23 heavy (non-hydrogen) atoms. The molecule has 0 aliphatic carbocycles. The lowest BCUT2D eigenvalue weighted by Gasteiger charge is -2.10. The quantitative estimate of drug-likeness (QED) is 0.681. The summed E-state index contributed by atoms with van der Waals surface area (Å²) in [5, 5.41) is 18.1. The molecule has 0 radical (unpaired) electrons. The molecule has 3 aromatic rings. The molecular weight excluding hydrogens is 304 g/mol. The summed E-state index contributed by atoms with van der Waals surface area (Å²) in [5.74, 6) is 0.749. The summed E-state index contributed by atoms with van der Waals surface area (Å²) in [6, 6.07) is 16.1. The van der Waals surface area contributed by atoms with E-state index >= 15 is 0 Å². The van der Waals surface area contributed by atoms with Gasteiger partial charge in [0.1, 0.15) is 6.33 Å². The van der Waals surface area contributed by atoms with Crippen LogP contribution in [0.25, 0.3) is 5.69 Å². The van der Waals surface area contributed by atoms with Gasteiger partial charge in [-0.2, -0.15) is 5.26 Å². The number of aromatic nitrogens is 3. The Bertz CT molecular complexity index is 877. The van der Waals surface area contributed by atoms with Crippen LogP contribution < -0.4 is 0 Å². The van der Waals surface area contributed by atoms with E-state index in [0.717, 1.165) is 22.2 Å². The maximum Gasteiger partial charge on any atom is 0.195 e. The highest BCUT2D eigenvalue weighted by molar-refractivity contribution is 7.98. The van der Waals surface area contributed by atoms with E-state index in [1.807, 2.05) is 28.8 Å². The second-order valence-corrected chi connectivity index (χ2v) is 6.32. The molecule has 0 aliphatic rings. The zero-order valence-corrected chi connectivity index (χ0v) is 13.8. The summed E-state index contributed by atoms with van der Waals surface area (Å²) < 4.78 is 2.01. The van der Waals surface area contributed by atoms with Crippen LogP contribution in [-0.2, 0) is 5.75 Å². The fraction of sp³-hybridized carbons (Fsp3) is 0.167. The van der Waals surface area contributed by atoms with Gasteiger partial charge in [0, 0.05) is 5.75 Å². The molecule has 4 nitrogen and oxygen atoms in total. The molecule has 0 spiro atoms. The monoisotopic (exact) mass is 320 g/mol. The van der Waals surface area contributed by atoms with E-state index in [4.69, 9.17) is 5.26 Å². The number of nitrogens with zero attached hydrogens (tertiary/aromatic N) is 4. The highest BCUT2D eigenvalue weighted by Gasteiger charge is 2.10. The van der Waals surface area contributed by atoms with E-state index in [9.17, 15) is 0 Å². The lowest BCUT2D eigenvalue weighted by molar-refractivity contribution is 0.877. The molecule has 0 saturated carbocycles. The van der Waals surface area contributed by atoms with Gasteiger partial charge >= 0.3 is 0 Å². The van der Waals surface area contributed by atoms with Crippen LogP contribution in [0.15, 0.2) is 53.9 Å². The number of nitriles is 1. The molecule has 114 valence electrons.